The molecule has 1 aliphatic rings. The van der Waals surface area contributed by atoms with E-state index in [0.29, 0.717) is 18.2 Å². The summed E-state index contributed by atoms with van der Waals surface area (Å²) >= 11 is 5.90. The van der Waals surface area contributed by atoms with Gasteiger partial charge in [0.05, 0.1) is 6.10 Å². The number of H-pyrrole nitrogens is 1. The molecule has 0 radical (unpaired) electrons. The molecule has 1 aromatic rings. The highest BCUT2D eigenvalue weighted by Crippen LogP contribution is 2.14. The standard InChI is InChI=1S/C13H21ClN4O2/c1-9-16-12(11(14)13(20)17-9)15-5-3-7-18-6-2-4-10(19)8-18/h10,19H,2-8H2,1H3,(H2,15,16,17,20). The van der Waals surface area contributed by atoms with Crippen molar-refractivity contribution in [2.75, 3.05) is 31.5 Å². The number of likely N-dealkylation sites (tertiary alicyclic amines) is 1. The minimum Gasteiger partial charge on any atom is -0.392 e. The van der Waals surface area contributed by atoms with Crippen molar-refractivity contribution >= 4 is 17.4 Å². The Morgan fingerprint density at radius 1 is 1.60 bits per heavy atom. The van der Waals surface area contributed by atoms with Gasteiger partial charge in [-0.05, 0) is 39.3 Å². The average molecular weight is 301 g/mol. The summed E-state index contributed by atoms with van der Waals surface area (Å²) in [5, 5.41) is 12.8. The lowest BCUT2D eigenvalue weighted by Crippen LogP contribution is -2.39. The number of β-amino-alcohol motifs (C(OH)–C–C–N with tert-alkyl or cyclic N) is 1. The number of piperidine rings is 1. The molecule has 1 atom stereocenters. The zero-order valence-electron chi connectivity index (χ0n) is 11.7. The summed E-state index contributed by atoms with van der Waals surface area (Å²) in [6, 6.07) is 0. The SMILES string of the molecule is Cc1nc(NCCCN2CCCC(O)C2)c(Cl)c(=O)[nH]1. The molecule has 0 aliphatic carbocycles. The zero-order chi connectivity index (χ0) is 14.5. The van der Waals surface area contributed by atoms with E-state index in [0.717, 1.165) is 38.9 Å². The summed E-state index contributed by atoms with van der Waals surface area (Å²) in [4.78, 5) is 20.5. The molecule has 1 unspecified atom stereocenters. The van der Waals surface area contributed by atoms with E-state index in [-0.39, 0.29) is 16.7 Å². The van der Waals surface area contributed by atoms with Crippen LogP contribution in [0.1, 0.15) is 25.1 Å². The van der Waals surface area contributed by atoms with Crippen LogP contribution in [0.5, 0.6) is 0 Å². The molecule has 2 heterocycles. The average Bonchev–Trinajstić information content (AvgIpc) is 2.40. The Morgan fingerprint density at radius 3 is 3.15 bits per heavy atom. The maximum Gasteiger partial charge on any atom is 0.271 e. The van der Waals surface area contributed by atoms with Crippen LogP contribution >= 0.6 is 11.6 Å². The van der Waals surface area contributed by atoms with Crippen LogP contribution < -0.4 is 10.9 Å². The lowest BCUT2D eigenvalue weighted by Gasteiger charge is -2.29. The predicted molar refractivity (Wildman–Crippen MR) is 79.4 cm³/mol. The molecule has 1 aromatic heterocycles. The van der Waals surface area contributed by atoms with Crippen molar-refractivity contribution in [1.29, 1.82) is 0 Å². The second-order valence-corrected chi connectivity index (χ2v) is 5.57. The number of aromatic nitrogens is 2. The van der Waals surface area contributed by atoms with Gasteiger partial charge in [0.25, 0.3) is 5.56 Å². The first-order valence-corrected chi connectivity index (χ1v) is 7.35. The highest BCUT2D eigenvalue weighted by atomic mass is 35.5. The number of aliphatic hydroxyl groups excluding tert-OH is 1. The Morgan fingerprint density at radius 2 is 2.40 bits per heavy atom. The molecule has 112 valence electrons. The van der Waals surface area contributed by atoms with Crippen molar-refractivity contribution < 1.29 is 5.11 Å². The largest absolute Gasteiger partial charge is 0.392 e. The van der Waals surface area contributed by atoms with Crippen molar-refractivity contribution in [3.63, 3.8) is 0 Å². The minimum atomic E-state index is -0.319. The van der Waals surface area contributed by atoms with Crippen LogP contribution in [0.2, 0.25) is 5.02 Å². The van der Waals surface area contributed by atoms with Gasteiger partial charge in [-0.15, -0.1) is 0 Å². The van der Waals surface area contributed by atoms with Crippen LogP contribution in [-0.4, -0.2) is 52.3 Å². The molecule has 0 amide bonds. The van der Waals surface area contributed by atoms with Gasteiger partial charge in [-0.3, -0.25) is 4.79 Å². The maximum atomic E-state index is 11.5. The summed E-state index contributed by atoms with van der Waals surface area (Å²) in [5.74, 6) is 0.979. The number of rotatable bonds is 5. The normalized spacial score (nSPS) is 20.1. The molecule has 3 N–H and O–H groups in total. The molecule has 1 aliphatic heterocycles. The monoisotopic (exact) mass is 300 g/mol. The summed E-state index contributed by atoms with van der Waals surface area (Å²) in [7, 11) is 0. The maximum absolute atomic E-state index is 11.5. The van der Waals surface area contributed by atoms with Gasteiger partial charge >= 0.3 is 0 Å². The Bertz CT molecular complexity index is 506. The lowest BCUT2D eigenvalue weighted by atomic mass is 10.1. The molecule has 20 heavy (non-hydrogen) atoms. The Kier molecular flexibility index (Phi) is 5.39. The first-order valence-electron chi connectivity index (χ1n) is 6.97. The van der Waals surface area contributed by atoms with E-state index < -0.39 is 0 Å². The molecule has 0 aromatic carbocycles. The van der Waals surface area contributed by atoms with Crippen LogP contribution in [0.4, 0.5) is 5.82 Å². The van der Waals surface area contributed by atoms with Gasteiger partial charge in [0.2, 0.25) is 0 Å². The molecule has 0 saturated carbocycles. The zero-order valence-corrected chi connectivity index (χ0v) is 12.4. The van der Waals surface area contributed by atoms with Gasteiger partial charge in [0.15, 0.2) is 5.82 Å². The van der Waals surface area contributed by atoms with Crippen LogP contribution in [0, 0.1) is 6.92 Å². The van der Waals surface area contributed by atoms with E-state index in [9.17, 15) is 9.90 Å². The van der Waals surface area contributed by atoms with E-state index in [1.54, 1.807) is 6.92 Å². The second-order valence-electron chi connectivity index (χ2n) is 5.19. The highest BCUT2D eigenvalue weighted by Gasteiger charge is 2.16. The summed E-state index contributed by atoms with van der Waals surface area (Å²) in [5.41, 5.74) is -0.319. The van der Waals surface area contributed by atoms with E-state index in [1.165, 1.54) is 0 Å². The third kappa shape index (κ3) is 4.19. The van der Waals surface area contributed by atoms with Crippen LogP contribution in [0.25, 0.3) is 0 Å². The molecule has 0 bridgehead atoms. The Hall–Kier alpha value is -1.11. The fraction of sp³-hybridized carbons (Fsp3) is 0.692. The van der Waals surface area contributed by atoms with E-state index in [2.05, 4.69) is 20.2 Å². The third-order valence-corrected chi connectivity index (χ3v) is 3.76. The van der Waals surface area contributed by atoms with Gasteiger partial charge in [-0.2, -0.15) is 0 Å². The topological polar surface area (TPSA) is 81.2 Å². The number of aromatic amines is 1. The second kappa shape index (κ2) is 7.06. The number of halogens is 1. The summed E-state index contributed by atoms with van der Waals surface area (Å²) < 4.78 is 0. The number of aliphatic hydroxyl groups is 1. The number of hydrogen-bond donors (Lipinski definition) is 3. The van der Waals surface area contributed by atoms with Gasteiger partial charge < -0.3 is 20.3 Å². The van der Waals surface area contributed by atoms with Gasteiger partial charge in [0.1, 0.15) is 10.8 Å². The van der Waals surface area contributed by atoms with E-state index in [1.807, 2.05) is 0 Å². The van der Waals surface area contributed by atoms with Crippen molar-refractivity contribution in [1.82, 2.24) is 14.9 Å². The number of hydrogen-bond acceptors (Lipinski definition) is 5. The van der Waals surface area contributed by atoms with Crippen molar-refractivity contribution in [2.45, 2.75) is 32.3 Å². The molecule has 6 nitrogen and oxygen atoms in total. The van der Waals surface area contributed by atoms with Crippen molar-refractivity contribution in [3.8, 4) is 0 Å². The predicted octanol–water partition coefficient (Wildman–Crippen LogP) is 0.990. The first-order chi connectivity index (χ1) is 9.56. The third-order valence-electron chi connectivity index (χ3n) is 3.41. The van der Waals surface area contributed by atoms with Crippen LogP contribution in [-0.2, 0) is 0 Å². The molecule has 2 rings (SSSR count). The Balaban J connectivity index is 1.77. The summed E-state index contributed by atoms with van der Waals surface area (Å²) in [6.07, 6.45) is 2.68. The number of nitrogens with zero attached hydrogens (tertiary/aromatic N) is 2. The van der Waals surface area contributed by atoms with Crippen molar-refractivity contribution in [3.05, 3.63) is 21.2 Å². The molecule has 0 spiro atoms. The quantitative estimate of drug-likeness (QED) is 0.707. The molecular formula is C13H21ClN4O2. The molecule has 1 saturated heterocycles. The molecule has 7 heteroatoms. The lowest BCUT2D eigenvalue weighted by molar-refractivity contribution is 0.0706. The fourth-order valence-corrected chi connectivity index (χ4v) is 2.59. The van der Waals surface area contributed by atoms with Crippen LogP contribution in [0.15, 0.2) is 4.79 Å². The number of nitrogens with one attached hydrogen (secondary N) is 2. The van der Waals surface area contributed by atoms with E-state index in [4.69, 9.17) is 11.6 Å². The minimum absolute atomic E-state index is 0.101. The molecule has 1 fully saturated rings. The van der Waals surface area contributed by atoms with Gasteiger partial charge in [0, 0.05) is 13.1 Å². The molecular weight excluding hydrogens is 280 g/mol. The Labute approximate surface area is 123 Å². The van der Waals surface area contributed by atoms with Gasteiger partial charge in [-0.25, -0.2) is 4.98 Å². The summed E-state index contributed by atoms with van der Waals surface area (Å²) in [6.45, 7) is 5.13. The first kappa shape index (κ1) is 15.3. The number of anilines is 1. The van der Waals surface area contributed by atoms with E-state index >= 15 is 0 Å². The smallest absolute Gasteiger partial charge is 0.271 e. The highest BCUT2D eigenvalue weighted by molar-refractivity contribution is 6.32. The van der Waals surface area contributed by atoms with Crippen LogP contribution in [0.3, 0.4) is 0 Å². The van der Waals surface area contributed by atoms with Gasteiger partial charge in [-0.1, -0.05) is 11.6 Å². The van der Waals surface area contributed by atoms with Crippen molar-refractivity contribution in [2.24, 2.45) is 0 Å². The number of aryl methyl sites for hydroxylation is 1. The fourth-order valence-electron chi connectivity index (χ4n) is 2.43.